The largest absolute Gasteiger partial charge is 0.494 e. The van der Waals surface area contributed by atoms with Gasteiger partial charge in [0.15, 0.2) is 37.7 Å². The van der Waals surface area contributed by atoms with E-state index in [0.29, 0.717) is 18.8 Å². The maximum absolute atomic E-state index is 14.0. The van der Waals surface area contributed by atoms with E-state index in [1.54, 1.807) is 12.1 Å². The number of ether oxygens (including phenoxy) is 13. The number of carbonyl (C=O) groups excluding carboxylic acids is 5. The van der Waals surface area contributed by atoms with Crippen molar-refractivity contribution in [2.24, 2.45) is 0 Å². The second-order valence-corrected chi connectivity index (χ2v) is 25.3. The van der Waals surface area contributed by atoms with E-state index in [4.69, 9.17) is 61.6 Å². The van der Waals surface area contributed by atoms with Crippen LogP contribution in [-0.4, -0.2) is 327 Å². The van der Waals surface area contributed by atoms with Crippen molar-refractivity contribution in [3.63, 3.8) is 0 Å². The maximum atomic E-state index is 14.0. The fraction of sp³-hybridized carbons (Fsp3) is 0.794. The van der Waals surface area contributed by atoms with E-state index >= 15 is 0 Å². The molecule has 1 aromatic carbocycles. The molecule has 6 aliphatic rings. The van der Waals surface area contributed by atoms with Gasteiger partial charge in [-0.2, -0.15) is 0 Å². The van der Waals surface area contributed by atoms with Crippen molar-refractivity contribution in [2.45, 2.75) is 270 Å². The summed E-state index contributed by atoms with van der Waals surface area (Å²) in [7, 11) is 1.21. The van der Waals surface area contributed by atoms with Crippen LogP contribution in [0.25, 0.3) is 0 Å². The summed E-state index contributed by atoms with van der Waals surface area (Å²) in [5, 5.41) is 158. The van der Waals surface area contributed by atoms with Crippen LogP contribution in [0.5, 0.6) is 5.75 Å². The molecule has 0 aromatic heterocycles. The highest BCUT2D eigenvalue weighted by Crippen LogP contribution is 2.37. The minimum atomic E-state index is -2.07. The molecule has 30 atom stereocenters. The topological polar surface area (TPSA) is 528 Å². The van der Waals surface area contributed by atoms with E-state index in [2.05, 4.69) is 45.7 Å². The van der Waals surface area contributed by atoms with Gasteiger partial charge < -0.3 is 155 Å². The van der Waals surface area contributed by atoms with Crippen LogP contribution in [0.3, 0.4) is 0 Å². The van der Waals surface area contributed by atoms with Gasteiger partial charge in [0.05, 0.1) is 45.7 Å². The number of methoxy groups -OCH3 is 1. The molecule has 36 heteroatoms. The van der Waals surface area contributed by atoms with Crippen molar-refractivity contribution in [3.8, 4) is 5.75 Å². The Bertz CT molecular complexity index is 2730. The summed E-state index contributed by atoms with van der Waals surface area (Å²) in [6.45, 7) is 3.52. The van der Waals surface area contributed by atoms with Gasteiger partial charge in [-0.25, -0.2) is 0 Å². The molecule has 6 heterocycles. The first-order valence-electron chi connectivity index (χ1n) is 33.2. The fourth-order valence-electron chi connectivity index (χ4n) is 12.7. The Morgan fingerprint density at radius 2 is 0.899 bits per heavy atom. The summed E-state index contributed by atoms with van der Waals surface area (Å²) in [6, 6.07) is -2.45. The zero-order valence-corrected chi connectivity index (χ0v) is 56.1. The number of unbranched alkanes of at least 4 members (excludes halogenated alkanes) is 5. The number of rotatable bonds is 32. The summed E-state index contributed by atoms with van der Waals surface area (Å²) in [6.07, 6.45) is -32.0. The van der Waals surface area contributed by atoms with Crippen LogP contribution < -0.4 is 31.3 Å². The van der Waals surface area contributed by atoms with Crippen molar-refractivity contribution < 1.29 is 152 Å². The minimum absolute atomic E-state index is 0.0482. The van der Waals surface area contributed by atoms with Crippen LogP contribution in [0.2, 0.25) is 0 Å². The molecule has 6 saturated heterocycles. The molecule has 564 valence electrons. The molecular formula is C63H101N5O31. The molecular weight excluding hydrogens is 1320 g/mol. The third-order valence-corrected chi connectivity index (χ3v) is 17.8. The van der Waals surface area contributed by atoms with E-state index in [1.165, 1.54) is 39.0 Å². The molecule has 12 unspecified atom stereocenters. The second-order valence-electron chi connectivity index (χ2n) is 25.3. The van der Waals surface area contributed by atoms with Crippen LogP contribution in [0.1, 0.15) is 96.8 Å². The van der Waals surface area contributed by atoms with Crippen molar-refractivity contribution in [1.29, 1.82) is 0 Å². The summed E-state index contributed by atoms with van der Waals surface area (Å²) >= 11 is 0. The fourth-order valence-corrected chi connectivity index (χ4v) is 12.7. The first-order valence-corrected chi connectivity index (χ1v) is 33.2. The number of allylic oxidation sites excluding steroid dienone is 2. The van der Waals surface area contributed by atoms with Gasteiger partial charge >= 0.3 is 0 Å². The van der Waals surface area contributed by atoms with E-state index in [9.17, 15) is 90.4 Å². The summed E-state index contributed by atoms with van der Waals surface area (Å²) in [4.78, 5) is 65.1. The first-order chi connectivity index (χ1) is 47.2. The Morgan fingerprint density at radius 3 is 1.35 bits per heavy atom. The molecule has 18 N–H and O–H groups in total. The van der Waals surface area contributed by atoms with Gasteiger partial charge in [-0.15, -0.1) is 0 Å². The van der Waals surface area contributed by atoms with Crippen LogP contribution in [-0.2, 0) is 76.0 Å². The lowest BCUT2D eigenvalue weighted by molar-refractivity contribution is -0.368. The zero-order chi connectivity index (χ0) is 72.5. The van der Waals surface area contributed by atoms with E-state index in [1.807, 2.05) is 0 Å². The zero-order valence-electron chi connectivity index (χ0n) is 56.1. The van der Waals surface area contributed by atoms with Crippen molar-refractivity contribution in [3.05, 3.63) is 42.0 Å². The predicted molar refractivity (Wildman–Crippen MR) is 333 cm³/mol. The molecule has 99 heavy (non-hydrogen) atoms. The number of carbonyl (C=O) groups is 5. The third-order valence-electron chi connectivity index (χ3n) is 17.8. The van der Waals surface area contributed by atoms with Gasteiger partial charge in [0.25, 0.3) is 5.91 Å². The van der Waals surface area contributed by atoms with E-state index < -0.39 is 246 Å². The number of hydrogen-bond donors (Lipinski definition) is 18. The molecule has 0 aliphatic carbocycles. The van der Waals surface area contributed by atoms with E-state index in [0.717, 1.165) is 53.4 Å². The molecule has 0 bridgehead atoms. The molecule has 7 rings (SSSR count). The lowest BCUT2D eigenvalue weighted by Gasteiger charge is -2.51. The van der Waals surface area contributed by atoms with Crippen LogP contribution in [0.4, 0.5) is 0 Å². The van der Waals surface area contributed by atoms with Gasteiger partial charge in [-0.1, -0.05) is 44.4 Å². The maximum Gasteiger partial charge on any atom is 0.251 e. The molecule has 5 amide bonds. The number of aliphatic hydroxyl groups excluding tert-OH is 13. The van der Waals surface area contributed by atoms with Crippen LogP contribution in [0.15, 0.2) is 36.4 Å². The normalized spacial score (nSPS) is 39.6. The highest BCUT2D eigenvalue weighted by molar-refractivity contribution is 5.94. The van der Waals surface area contributed by atoms with Gasteiger partial charge in [-0.05, 0) is 50.8 Å². The summed E-state index contributed by atoms with van der Waals surface area (Å²) in [5.41, 5.74) is 0.0482. The predicted octanol–water partition coefficient (Wildman–Crippen LogP) is -6.72. The van der Waals surface area contributed by atoms with Gasteiger partial charge in [-0.3, -0.25) is 24.0 Å². The average molecular weight is 1420 g/mol. The number of hydrogen-bond acceptors (Lipinski definition) is 31. The third kappa shape index (κ3) is 20.9. The highest BCUT2D eigenvalue weighted by Gasteiger charge is 2.58. The SMILES string of the molecule is CCCCCC/C=C\CCCOc1cccc(C(=O)NC2[C@H](O[C@H]3C(O)C(NC(C)=O)[C@H](OC4C(CO)O[C@@H](O[C@H]5C(O)C(NC(C)=O)[C@H](OC6C(CO[C@@H]7OC(C)[C@@H](O)C(O)[C@H]7OC)O[C@@H](O)[C@@H](NC(C)=O)[C@H]6O)O[C@H]5CO)[C@@H](NC(C)=O)[C@H]4O)O[C@H]3CO)OC(CO)[C@@H](O)[C@@H]2O)c1. The van der Waals surface area contributed by atoms with Crippen molar-refractivity contribution in [1.82, 2.24) is 26.6 Å². The monoisotopic (exact) mass is 1420 g/mol. The first kappa shape index (κ1) is 81.4. The Hall–Kier alpha value is -4.89. The number of benzene rings is 1. The Labute approximate surface area is 571 Å². The lowest BCUT2D eigenvalue weighted by atomic mass is 9.93. The number of nitrogens with one attached hydrogen (secondary N) is 5. The highest BCUT2D eigenvalue weighted by atomic mass is 16.8. The van der Waals surface area contributed by atoms with Gasteiger partial charge in [0.2, 0.25) is 23.6 Å². The lowest BCUT2D eigenvalue weighted by Crippen LogP contribution is -2.72. The quantitative estimate of drug-likeness (QED) is 0.0235. The minimum Gasteiger partial charge on any atom is -0.494 e. The van der Waals surface area contributed by atoms with Gasteiger partial charge in [0, 0.05) is 40.4 Å². The molecule has 6 aliphatic heterocycles. The Balaban J connectivity index is 1.07. The van der Waals surface area contributed by atoms with E-state index in [-0.39, 0.29) is 5.56 Å². The standard InChI is InChI=1S/C63H101N5O31/c1-8-9-10-11-12-13-14-15-16-20-88-33-19-17-18-32(21-33)57(85)68-40-46(79)45(78)34(22-69)92-59(40)96-52-35(23-70)93-60(41(48(52)81)65-29(4)74)97-53-36(24-71)94-61(42(49(53)82)66-30(5)75)98-54-37(25-72)95-62(43(50(54)83)67-31(6)76)99-55-38(91-58(86)39(47(55)80)64-28(3)73)26-89-63-56(87-7)51(84)44(77)27(2)90-63/h13-14,17-19,21,27,34-56,58-63,69-72,77-84,86H,8-12,15-16,20,22-26H2,1-7H3,(H,64,73)(H,65,74)(H,66,75)(H,67,76)(H,68,85)/b14-13-/t27?,34?,35-,36?,37-,38?,39-,40?,41?,42-,43?,44+,45+,46+,47+,48?,49+,50?,51?,52+,53?,54+,55?,56+,58+,59-,60-,61-,62-,63+/m0/s1. The van der Waals surface area contributed by atoms with Crippen LogP contribution in [0, 0.1) is 0 Å². The molecule has 6 fully saturated rings. The summed E-state index contributed by atoms with van der Waals surface area (Å²) < 4.78 is 77.9. The molecule has 0 spiro atoms. The molecule has 36 nitrogen and oxygen atoms in total. The summed E-state index contributed by atoms with van der Waals surface area (Å²) in [5.74, 6) is -3.67. The van der Waals surface area contributed by atoms with Crippen molar-refractivity contribution in [2.75, 3.05) is 46.8 Å². The molecule has 1 aromatic rings. The van der Waals surface area contributed by atoms with Crippen LogP contribution >= 0.6 is 0 Å². The second kappa shape index (κ2) is 38.6. The molecule has 0 radical (unpaired) electrons. The van der Waals surface area contributed by atoms with Gasteiger partial charge in [0.1, 0.15) is 146 Å². The smallest absolute Gasteiger partial charge is 0.251 e. The van der Waals surface area contributed by atoms with Crippen molar-refractivity contribution >= 4 is 29.5 Å². The molecule has 0 saturated carbocycles. The number of aliphatic hydroxyl groups is 13. The Morgan fingerprint density at radius 1 is 0.465 bits per heavy atom. The Kier molecular flexibility index (Phi) is 31.7. The average Bonchev–Trinajstić information content (AvgIpc) is 0.771. The number of amides is 5.